The molecule has 0 radical (unpaired) electrons. The summed E-state index contributed by atoms with van der Waals surface area (Å²) in [6, 6.07) is 0. The minimum atomic E-state index is 0.0867. The van der Waals surface area contributed by atoms with Crippen LogP contribution in [-0.4, -0.2) is 73.6 Å². The van der Waals surface area contributed by atoms with E-state index in [-0.39, 0.29) is 17.9 Å². The first-order valence-corrected chi connectivity index (χ1v) is 7.02. The summed E-state index contributed by atoms with van der Waals surface area (Å²) in [7, 11) is 0. The van der Waals surface area contributed by atoms with Crippen LogP contribution in [0.25, 0.3) is 0 Å². The molecule has 0 spiro atoms. The summed E-state index contributed by atoms with van der Waals surface area (Å²) in [6.45, 7) is 6.09. The van der Waals surface area contributed by atoms with Gasteiger partial charge in [-0.1, -0.05) is 0 Å². The molecule has 2 aliphatic rings. The van der Waals surface area contributed by atoms with Gasteiger partial charge < -0.3 is 19.9 Å². The van der Waals surface area contributed by atoms with Crippen LogP contribution in [0.3, 0.4) is 0 Å². The highest BCUT2D eigenvalue weighted by Crippen LogP contribution is 2.10. The zero-order valence-corrected chi connectivity index (χ0v) is 11.6. The van der Waals surface area contributed by atoms with Crippen molar-refractivity contribution in [1.82, 2.24) is 15.1 Å². The number of amides is 2. The highest BCUT2D eigenvalue weighted by atomic mass is 16.5. The standard InChI is InChI=1S/C13H23N3O3/c1-11(17)15-4-6-16(7-5-15)13(18)10-14-9-12-3-2-8-19-12/h12,14H,2-10H2,1H3. The van der Waals surface area contributed by atoms with E-state index in [0.29, 0.717) is 32.7 Å². The number of carbonyl (C=O) groups is 2. The quantitative estimate of drug-likeness (QED) is 0.743. The number of piperazine rings is 1. The molecule has 0 aromatic carbocycles. The van der Waals surface area contributed by atoms with Crippen LogP contribution in [-0.2, 0) is 14.3 Å². The van der Waals surface area contributed by atoms with E-state index in [4.69, 9.17) is 4.74 Å². The van der Waals surface area contributed by atoms with Crippen molar-refractivity contribution in [2.45, 2.75) is 25.9 Å². The summed E-state index contributed by atoms with van der Waals surface area (Å²) in [5, 5.41) is 3.16. The van der Waals surface area contributed by atoms with Crippen molar-refractivity contribution >= 4 is 11.8 Å². The molecule has 6 heteroatoms. The molecule has 2 rings (SSSR count). The molecular formula is C13H23N3O3. The first-order chi connectivity index (χ1) is 9.16. The second kappa shape index (κ2) is 6.86. The third-order valence-electron chi connectivity index (χ3n) is 3.75. The Labute approximate surface area is 114 Å². The normalized spacial score (nSPS) is 23.7. The van der Waals surface area contributed by atoms with Crippen LogP contribution in [0.1, 0.15) is 19.8 Å². The number of hydrogen-bond donors (Lipinski definition) is 1. The van der Waals surface area contributed by atoms with E-state index >= 15 is 0 Å². The summed E-state index contributed by atoms with van der Waals surface area (Å²) in [5.41, 5.74) is 0. The summed E-state index contributed by atoms with van der Waals surface area (Å²) in [6.07, 6.45) is 2.47. The van der Waals surface area contributed by atoms with E-state index < -0.39 is 0 Å². The van der Waals surface area contributed by atoms with Gasteiger partial charge in [0.1, 0.15) is 0 Å². The van der Waals surface area contributed by atoms with Gasteiger partial charge in [0.05, 0.1) is 12.6 Å². The Morgan fingerprint density at radius 2 is 1.89 bits per heavy atom. The smallest absolute Gasteiger partial charge is 0.236 e. The van der Waals surface area contributed by atoms with E-state index in [2.05, 4.69) is 5.32 Å². The maximum atomic E-state index is 12.0. The lowest BCUT2D eigenvalue weighted by atomic mass is 10.2. The Hall–Kier alpha value is -1.14. The van der Waals surface area contributed by atoms with Gasteiger partial charge in [-0.3, -0.25) is 9.59 Å². The zero-order chi connectivity index (χ0) is 13.7. The van der Waals surface area contributed by atoms with Crippen LogP contribution in [0.4, 0.5) is 0 Å². The molecule has 2 saturated heterocycles. The van der Waals surface area contributed by atoms with Crippen molar-refractivity contribution in [1.29, 1.82) is 0 Å². The Morgan fingerprint density at radius 1 is 1.21 bits per heavy atom. The number of carbonyl (C=O) groups excluding carboxylic acids is 2. The van der Waals surface area contributed by atoms with Gasteiger partial charge in [0.25, 0.3) is 0 Å². The minimum absolute atomic E-state index is 0.0867. The van der Waals surface area contributed by atoms with Crippen LogP contribution >= 0.6 is 0 Å². The molecule has 0 aromatic rings. The summed E-state index contributed by atoms with van der Waals surface area (Å²) in [5.74, 6) is 0.199. The van der Waals surface area contributed by atoms with Crippen molar-refractivity contribution in [2.24, 2.45) is 0 Å². The highest BCUT2D eigenvalue weighted by molar-refractivity contribution is 5.79. The summed E-state index contributed by atoms with van der Waals surface area (Å²) in [4.78, 5) is 26.8. The molecule has 0 bridgehead atoms. The lowest BCUT2D eigenvalue weighted by molar-refractivity contribution is -0.137. The molecule has 0 aliphatic carbocycles. The maximum Gasteiger partial charge on any atom is 0.236 e. The van der Waals surface area contributed by atoms with Gasteiger partial charge in [-0.25, -0.2) is 0 Å². The average molecular weight is 269 g/mol. The molecule has 19 heavy (non-hydrogen) atoms. The topological polar surface area (TPSA) is 61.9 Å². The molecule has 1 atom stereocenters. The largest absolute Gasteiger partial charge is 0.377 e. The number of ether oxygens (including phenoxy) is 1. The van der Waals surface area contributed by atoms with Gasteiger partial charge in [0.15, 0.2) is 0 Å². The molecule has 1 N–H and O–H groups in total. The first-order valence-electron chi connectivity index (χ1n) is 7.02. The summed E-state index contributed by atoms with van der Waals surface area (Å²) < 4.78 is 5.49. The average Bonchev–Trinajstić information content (AvgIpc) is 2.92. The van der Waals surface area contributed by atoms with Gasteiger partial charge in [0.2, 0.25) is 11.8 Å². The Morgan fingerprint density at radius 3 is 2.47 bits per heavy atom. The fourth-order valence-electron chi connectivity index (χ4n) is 2.53. The van der Waals surface area contributed by atoms with Crippen molar-refractivity contribution in [3.05, 3.63) is 0 Å². The molecule has 2 aliphatic heterocycles. The van der Waals surface area contributed by atoms with Gasteiger partial charge in [-0.2, -0.15) is 0 Å². The van der Waals surface area contributed by atoms with Gasteiger partial charge in [-0.05, 0) is 12.8 Å². The predicted molar refractivity (Wildman–Crippen MR) is 70.7 cm³/mol. The lowest BCUT2D eigenvalue weighted by Gasteiger charge is -2.34. The van der Waals surface area contributed by atoms with E-state index in [1.807, 2.05) is 4.90 Å². The fraction of sp³-hybridized carbons (Fsp3) is 0.846. The van der Waals surface area contributed by atoms with Crippen LogP contribution < -0.4 is 5.32 Å². The van der Waals surface area contributed by atoms with E-state index in [0.717, 1.165) is 26.0 Å². The predicted octanol–water partition coefficient (Wildman–Crippen LogP) is -0.554. The Bertz CT molecular complexity index is 321. The van der Waals surface area contributed by atoms with Gasteiger partial charge in [-0.15, -0.1) is 0 Å². The molecule has 6 nitrogen and oxygen atoms in total. The SMILES string of the molecule is CC(=O)N1CCN(C(=O)CNCC2CCCO2)CC1. The van der Waals surface area contributed by atoms with E-state index in [1.54, 1.807) is 11.8 Å². The van der Waals surface area contributed by atoms with Crippen LogP contribution in [0.2, 0.25) is 0 Å². The zero-order valence-electron chi connectivity index (χ0n) is 11.6. The Kier molecular flexibility index (Phi) is 5.15. The number of hydrogen-bond acceptors (Lipinski definition) is 4. The van der Waals surface area contributed by atoms with Gasteiger partial charge in [0, 0.05) is 46.3 Å². The maximum absolute atomic E-state index is 12.0. The molecule has 108 valence electrons. The van der Waals surface area contributed by atoms with Gasteiger partial charge >= 0.3 is 0 Å². The second-order valence-electron chi connectivity index (χ2n) is 5.15. The number of nitrogens with zero attached hydrogens (tertiary/aromatic N) is 2. The van der Waals surface area contributed by atoms with Crippen LogP contribution in [0.15, 0.2) is 0 Å². The van der Waals surface area contributed by atoms with Crippen LogP contribution in [0.5, 0.6) is 0 Å². The molecule has 2 amide bonds. The fourth-order valence-corrected chi connectivity index (χ4v) is 2.53. The molecule has 0 saturated carbocycles. The van der Waals surface area contributed by atoms with E-state index in [1.165, 1.54) is 0 Å². The minimum Gasteiger partial charge on any atom is -0.377 e. The molecule has 0 aromatic heterocycles. The first kappa shape index (κ1) is 14.3. The third-order valence-corrected chi connectivity index (χ3v) is 3.75. The summed E-state index contributed by atoms with van der Waals surface area (Å²) >= 11 is 0. The van der Waals surface area contributed by atoms with Crippen molar-refractivity contribution in [2.75, 3.05) is 45.9 Å². The number of rotatable bonds is 4. The van der Waals surface area contributed by atoms with Crippen molar-refractivity contribution in [3.63, 3.8) is 0 Å². The molecule has 2 heterocycles. The lowest BCUT2D eigenvalue weighted by Crippen LogP contribution is -2.52. The van der Waals surface area contributed by atoms with E-state index in [9.17, 15) is 9.59 Å². The highest BCUT2D eigenvalue weighted by Gasteiger charge is 2.22. The second-order valence-corrected chi connectivity index (χ2v) is 5.15. The number of nitrogens with one attached hydrogen (secondary N) is 1. The molecule has 2 fully saturated rings. The van der Waals surface area contributed by atoms with Crippen LogP contribution in [0, 0.1) is 0 Å². The monoisotopic (exact) mass is 269 g/mol. The van der Waals surface area contributed by atoms with Crippen molar-refractivity contribution < 1.29 is 14.3 Å². The third kappa shape index (κ3) is 4.18. The molecule has 1 unspecified atom stereocenters. The van der Waals surface area contributed by atoms with Crippen molar-refractivity contribution in [3.8, 4) is 0 Å². The Balaban J connectivity index is 1.62. The molecular weight excluding hydrogens is 246 g/mol.